The van der Waals surface area contributed by atoms with E-state index in [-0.39, 0.29) is 17.0 Å². The molecule has 1 fully saturated rings. The Morgan fingerprint density at radius 3 is 2.67 bits per heavy atom. The molecule has 2 aromatic heterocycles. The number of aromatic nitrogens is 4. The molecular weight excluding hydrogens is 411 g/mol. The maximum absolute atomic E-state index is 14.5. The molecule has 0 amide bonds. The maximum atomic E-state index is 14.5. The minimum Gasteiger partial charge on any atom is -0.387 e. The van der Waals surface area contributed by atoms with Crippen LogP contribution >= 0.6 is 15.2 Å². The molecule has 5 atom stereocenters. The van der Waals surface area contributed by atoms with E-state index in [1.54, 1.807) is 0 Å². The number of aliphatic hydroxyl groups excluding tert-OH is 1. The van der Waals surface area contributed by atoms with Gasteiger partial charge < -0.3 is 34.8 Å². The number of nitrogens with two attached hydrogens (primary N) is 1. The Hall–Kier alpha value is -1.50. The van der Waals surface area contributed by atoms with Crippen LogP contribution < -0.4 is 5.73 Å². The smallest absolute Gasteiger partial charge is 0.340 e. The van der Waals surface area contributed by atoms with Crippen LogP contribution in [-0.4, -0.2) is 70.2 Å². The van der Waals surface area contributed by atoms with Crippen molar-refractivity contribution >= 4 is 32.2 Å². The van der Waals surface area contributed by atoms with Crippen LogP contribution in [0, 0.1) is 0 Å². The van der Waals surface area contributed by atoms with Crippen molar-refractivity contribution in [3.63, 3.8) is 0 Å². The van der Waals surface area contributed by atoms with Gasteiger partial charge >= 0.3 is 15.2 Å². The molecule has 3 heterocycles. The molecule has 13 nitrogen and oxygen atoms in total. The summed E-state index contributed by atoms with van der Waals surface area (Å²) in [6.45, 7) is -0.768. The molecule has 2 aromatic rings. The van der Waals surface area contributed by atoms with Crippen LogP contribution in [0.4, 0.5) is 10.2 Å². The second kappa shape index (κ2) is 7.15. The number of nitrogens with zero attached hydrogens (tertiary/aromatic N) is 4. The van der Waals surface area contributed by atoms with Crippen LogP contribution in [-0.2, 0) is 18.4 Å². The number of rotatable bonds is 6. The van der Waals surface area contributed by atoms with Crippen LogP contribution in [0.2, 0.25) is 0 Å². The zero-order chi connectivity index (χ0) is 20.0. The molecular formula is C11H16FN5O8P2. The highest BCUT2D eigenvalue weighted by Gasteiger charge is 2.47. The topological polar surface area (TPSA) is 203 Å². The zero-order valence-electron chi connectivity index (χ0n) is 13.4. The lowest BCUT2D eigenvalue weighted by molar-refractivity contribution is -0.0425. The van der Waals surface area contributed by atoms with E-state index >= 15 is 0 Å². The second-order valence-corrected chi connectivity index (χ2v) is 9.82. The SMILES string of the molecule is Nc1ncnc2c1ncn2[C@@H]1O[C@H](COP(=O)(O)CP(=O)(O)O)[C@@H](O)[C@H]1F. The minimum absolute atomic E-state index is 0.0613. The zero-order valence-corrected chi connectivity index (χ0v) is 15.2. The third kappa shape index (κ3) is 4.33. The molecule has 0 saturated carbocycles. The maximum Gasteiger partial charge on any atom is 0.340 e. The molecule has 0 bridgehead atoms. The summed E-state index contributed by atoms with van der Waals surface area (Å²) in [5, 5.41) is 9.99. The lowest BCUT2D eigenvalue weighted by Gasteiger charge is -2.18. The predicted octanol–water partition coefficient (Wildman–Crippen LogP) is -0.658. The molecule has 0 aromatic carbocycles. The van der Waals surface area contributed by atoms with Crippen molar-refractivity contribution in [3.05, 3.63) is 12.7 Å². The molecule has 16 heteroatoms. The van der Waals surface area contributed by atoms with Crippen molar-refractivity contribution in [1.29, 1.82) is 0 Å². The van der Waals surface area contributed by atoms with Crippen molar-refractivity contribution in [2.75, 3.05) is 18.2 Å². The van der Waals surface area contributed by atoms with Crippen molar-refractivity contribution in [1.82, 2.24) is 19.5 Å². The molecule has 3 rings (SSSR count). The van der Waals surface area contributed by atoms with Crippen molar-refractivity contribution in [2.24, 2.45) is 0 Å². The number of aliphatic hydroxyl groups is 1. The van der Waals surface area contributed by atoms with E-state index in [0.29, 0.717) is 0 Å². The number of nitrogen functional groups attached to an aromatic ring is 1. The number of hydrogen-bond acceptors (Lipinski definition) is 9. The second-order valence-electron chi connectivity index (χ2n) is 5.82. The van der Waals surface area contributed by atoms with Gasteiger partial charge in [0.15, 0.2) is 29.8 Å². The van der Waals surface area contributed by atoms with Gasteiger partial charge in [0.05, 0.1) is 12.9 Å². The molecule has 1 unspecified atom stereocenters. The Balaban J connectivity index is 1.75. The van der Waals surface area contributed by atoms with Gasteiger partial charge in [-0.2, -0.15) is 0 Å². The third-order valence-electron chi connectivity index (χ3n) is 3.76. The van der Waals surface area contributed by atoms with E-state index in [4.69, 9.17) is 20.3 Å². The predicted molar refractivity (Wildman–Crippen MR) is 87.2 cm³/mol. The van der Waals surface area contributed by atoms with Crippen molar-refractivity contribution < 1.29 is 42.6 Å². The molecule has 1 aliphatic heterocycles. The van der Waals surface area contributed by atoms with Crippen LogP contribution in [0.25, 0.3) is 11.2 Å². The minimum atomic E-state index is -4.81. The summed E-state index contributed by atoms with van der Waals surface area (Å²) in [4.78, 5) is 38.6. The van der Waals surface area contributed by atoms with E-state index < -0.39 is 52.3 Å². The standard InChI is InChI=1S/C11H16FN5O8P2/c12-6-8(18)5(1-24-27(22,23)4-26(19,20)21)25-11(6)17-3-16-7-9(13)14-2-15-10(7)17/h2-3,5-6,8,11,18H,1,4H2,(H,22,23)(H2,13,14,15)(H2,19,20,21)/t5-,6-,8-,11-/m1/s1. The molecule has 1 aliphatic rings. The highest BCUT2D eigenvalue weighted by atomic mass is 31.2. The lowest BCUT2D eigenvalue weighted by atomic mass is 10.1. The van der Waals surface area contributed by atoms with E-state index in [0.717, 1.165) is 6.33 Å². The van der Waals surface area contributed by atoms with Gasteiger partial charge in [-0.1, -0.05) is 0 Å². The van der Waals surface area contributed by atoms with Crippen molar-refractivity contribution in [2.45, 2.75) is 24.6 Å². The quantitative estimate of drug-likeness (QED) is 0.365. The average Bonchev–Trinajstić information content (AvgIpc) is 3.07. The Morgan fingerprint density at radius 2 is 2.00 bits per heavy atom. The van der Waals surface area contributed by atoms with Gasteiger partial charge in [-0.3, -0.25) is 13.7 Å². The van der Waals surface area contributed by atoms with Gasteiger partial charge in [0.1, 0.15) is 24.1 Å². The van der Waals surface area contributed by atoms with Gasteiger partial charge in [0, 0.05) is 0 Å². The van der Waals surface area contributed by atoms with Gasteiger partial charge in [0.25, 0.3) is 0 Å². The van der Waals surface area contributed by atoms with Gasteiger partial charge in [-0.15, -0.1) is 0 Å². The highest BCUT2D eigenvalue weighted by molar-refractivity contribution is 7.70. The van der Waals surface area contributed by atoms with Crippen molar-refractivity contribution in [3.8, 4) is 0 Å². The summed E-state index contributed by atoms with van der Waals surface area (Å²) in [5.74, 6) is -1.35. The highest BCUT2D eigenvalue weighted by Crippen LogP contribution is 2.55. The third-order valence-corrected chi connectivity index (χ3v) is 7.21. The lowest BCUT2D eigenvalue weighted by Crippen LogP contribution is -2.31. The first-order chi connectivity index (χ1) is 12.5. The number of imidazole rings is 1. The molecule has 0 radical (unpaired) electrons. The summed E-state index contributed by atoms with van der Waals surface area (Å²) >= 11 is 0. The largest absolute Gasteiger partial charge is 0.387 e. The monoisotopic (exact) mass is 427 g/mol. The number of hydrogen-bond donors (Lipinski definition) is 5. The number of ether oxygens (including phenoxy) is 1. The first-order valence-electron chi connectivity index (χ1n) is 7.40. The van der Waals surface area contributed by atoms with E-state index in [1.165, 1.54) is 10.9 Å². The van der Waals surface area contributed by atoms with E-state index in [2.05, 4.69) is 19.5 Å². The fourth-order valence-electron chi connectivity index (χ4n) is 2.59. The van der Waals surface area contributed by atoms with Crippen LogP contribution in [0.3, 0.4) is 0 Å². The Labute approximate surface area is 150 Å². The first-order valence-corrected chi connectivity index (χ1v) is 11.0. The Morgan fingerprint density at radius 1 is 1.30 bits per heavy atom. The fraction of sp³-hybridized carbons (Fsp3) is 0.545. The van der Waals surface area contributed by atoms with Crippen LogP contribution in [0.1, 0.15) is 6.23 Å². The molecule has 0 aliphatic carbocycles. The average molecular weight is 427 g/mol. The summed E-state index contributed by atoms with van der Waals surface area (Å²) in [6, 6.07) is 0. The number of fused-ring (bicyclic) bond motifs is 1. The van der Waals surface area contributed by atoms with Gasteiger partial charge in [-0.05, 0) is 0 Å². The molecule has 27 heavy (non-hydrogen) atoms. The van der Waals surface area contributed by atoms with E-state index in [1.807, 2.05) is 0 Å². The molecule has 1 saturated heterocycles. The van der Waals surface area contributed by atoms with Gasteiger partial charge in [0.2, 0.25) is 0 Å². The van der Waals surface area contributed by atoms with Crippen LogP contribution in [0.5, 0.6) is 0 Å². The summed E-state index contributed by atoms with van der Waals surface area (Å²) in [7, 11) is -9.48. The number of halogens is 1. The Bertz CT molecular complexity index is 937. The summed E-state index contributed by atoms with van der Waals surface area (Å²) in [6.07, 6.45) is -4.13. The van der Waals surface area contributed by atoms with Crippen LogP contribution in [0.15, 0.2) is 12.7 Å². The molecule has 0 spiro atoms. The fourth-order valence-corrected chi connectivity index (χ4v) is 5.15. The normalized spacial score (nSPS) is 28.5. The molecule has 6 N–H and O–H groups in total. The summed E-state index contributed by atoms with van der Waals surface area (Å²) in [5.41, 5.74) is 6.00. The van der Waals surface area contributed by atoms with E-state index in [9.17, 15) is 23.5 Å². The van der Waals surface area contributed by atoms with Gasteiger partial charge in [-0.25, -0.2) is 19.3 Å². The summed E-state index contributed by atoms with van der Waals surface area (Å²) < 4.78 is 48.1. The molecule has 150 valence electrons. The number of anilines is 1. The first kappa shape index (κ1) is 20.2. The number of alkyl halides is 1. The Kier molecular flexibility index (Phi) is 5.36.